The molecule has 1 aromatic carbocycles. The van der Waals surface area contributed by atoms with E-state index in [1.165, 1.54) is 26.0 Å². The van der Waals surface area contributed by atoms with Crippen molar-refractivity contribution in [3.8, 4) is 11.5 Å². The summed E-state index contributed by atoms with van der Waals surface area (Å²) < 4.78 is 10.4. The number of hydrogen-bond donors (Lipinski definition) is 1. The molecule has 1 aromatic rings. The molecule has 0 radical (unpaired) electrons. The number of carbonyl (C=O) groups is 2. The van der Waals surface area contributed by atoms with Gasteiger partial charge in [-0.15, -0.1) is 0 Å². The van der Waals surface area contributed by atoms with E-state index in [0.717, 1.165) is 0 Å². The number of ketones is 1. The SMILES string of the molecule is COc1cc(C(C)=O)c(N2CC(CO)CC2=O)cc1OC. The Balaban J connectivity index is 2.51. The van der Waals surface area contributed by atoms with Crippen LogP contribution in [0.1, 0.15) is 23.7 Å². The summed E-state index contributed by atoms with van der Waals surface area (Å²) in [7, 11) is 2.99. The average Bonchev–Trinajstić information content (AvgIpc) is 2.86. The fourth-order valence-corrected chi connectivity index (χ4v) is 2.51. The van der Waals surface area contributed by atoms with Crippen LogP contribution in [-0.2, 0) is 4.79 Å². The lowest BCUT2D eigenvalue weighted by molar-refractivity contribution is -0.117. The van der Waals surface area contributed by atoms with Gasteiger partial charge in [-0.2, -0.15) is 0 Å². The molecule has 114 valence electrons. The molecule has 1 heterocycles. The highest BCUT2D eigenvalue weighted by molar-refractivity contribution is 6.06. The van der Waals surface area contributed by atoms with Crippen LogP contribution in [0, 0.1) is 5.92 Å². The Morgan fingerprint density at radius 3 is 2.43 bits per heavy atom. The predicted octanol–water partition coefficient (Wildman–Crippen LogP) is 1.25. The molecule has 1 fully saturated rings. The van der Waals surface area contributed by atoms with Crippen molar-refractivity contribution in [1.82, 2.24) is 0 Å². The summed E-state index contributed by atoms with van der Waals surface area (Å²) in [6, 6.07) is 3.21. The third-order valence-corrected chi connectivity index (χ3v) is 3.64. The van der Waals surface area contributed by atoms with E-state index in [9.17, 15) is 14.7 Å². The van der Waals surface area contributed by atoms with Crippen molar-refractivity contribution in [2.45, 2.75) is 13.3 Å². The monoisotopic (exact) mass is 293 g/mol. The predicted molar refractivity (Wildman–Crippen MR) is 77.1 cm³/mol. The van der Waals surface area contributed by atoms with Crippen LogP contribution in [0.25, 0.3) is 0 Å². The lowest BCUT2D eigenvalue weighted by Crippen LogP contribution is -2.26. The largest absolute Gasteiger partial charge is 0.493 e. The first kappa shape index (κ1) is 15.3. The van der Waals surface area contributed by atoms with Gasteiger partial charge in [0.15, 0.2) is 17.3 Å². The first-order chi connectivity index (χ1) is 10.0. The summed E-state index contributed by atoms with van der Waals surface area (Å²) in [6.07, 6.45) is 0.280. The van der Waals surface area contributed by atoms with Crippen LogP contribution in [-0.4, -0.2) is 44.2 Å². The third kappa shape index (κ3) is 2.85. The molecule has 21 heavy (non-hydrogen) atoms. The van der Waals surface area contributed by atoms with Gasteiger partial charge < -0.3 is 19.5 Å². The number of aliphatic hydroxyl groups is 1. The quantitative estimate of drug-likeness (QED) is 0.827. The number of hydrogen-bond acceptors (Lipinski definition) is 5. The maximum Gasteiger partial charge on any atom is 0.227 e. The van der Waals surface area contributed by atoms with Crippen molar-refractivity contribution < 1.29 is 24.2 Å². The van der Waals surface area contributed by atoms with Crippen LogP contribution < -0.4 is 14.4 Å². The van der Waals surface area contributed by atoms with Crippen molar-refractivity contribution in [2.24, 2.45) is 5.92 Å². The van der Waals surface area contributed by atoms with Crippen molar-refractivity contribution >= 4 is 17.4 Å². The molecular weight excluding hydrogens is 274 g/mol. The van der Waals surface area contributed by atoms with Gasteiger partial charge in [-0.1, -0.05) is 0 Å². The summed E-state index contributed by atoms with van der Waals surface area (Å²) >= 11 is 0. The van der Waals surface area contributed by atoms with E-state index in [-0.39, 0.29) is 30.6 Å². The number of carbonyl (C=O) groups excluding carboxylic acids is 2. The minimum Gasteiger partial charge on any atom is -0.493 e. The van der Waals surface area contributed by atoms with Gasteiger partial charge in [0.25, 0.3) is 0 Å². The summed E-state index contributed by atoms with van der Waals surface area (Å²) in [5, 5.41) is 9.22. The van der Waals surface area contributed by atoms with Crippen LogP contribution in [0.3, 0.4) is 0 Å². The van der Waals surface area contributed by atoms with Crippen LogP contribution in [0.2, 0.25) is 0 Å². The molecular formula is C15H19NO5. The topological polar surface area (TPSA) is 76.1 Å². The van der Waals surface area contributed by atoms with E-state index in [0.29, 0.717) is 29.3 Å². The number of rotatable bonds is 5. The molecule has 2 rings (SSSR count). The second kappa shape index (κ2) is 6.13. The van der Waals surface area contributed by atoms with Crippen LogP contribution >= 0.6 is 0 Å². The highest BCUT2D eigenvalue weighted by Crippen LogP contribution is 2.37. The van der Waals surface area contributed by atoms with E-state index in [1.807, 2.05) is 0 Å². The standard InChI is InChI=1S/C15H19NO5/c1-9(18)11-5-13(20-2)14(21-3)6-12(11)16-7-10(8-17)4-15(16)19/h5-6,10,17H,4,7-8H2,1-3H3. The van der Waals surface area contributed by atoms with Crippen LogP contribution in [0.4, 0.5) is 5.69 Å². The van der Waals surface area contributed by atoms with Gasteiger partial charge in [0.2, 0.25) is 5.91 Å². The molecule has 1 atom stereocenters. The Hall–Kier alpha value is -2.08. The van der Waals surface area contributed by atoms with E-state index < -0.39 is 0 Å². The summed E-state index contributed by atoms with van der Waals surface area (Å²) in [5.41, 5.74) is 0.903. The van der Waals surface area contributed by atoms with Gasteiger partial charge in [0, 0.05) is 37.1 Å². The Kier molecular flexibility index (Phi) is 4.47. The van der Waals surface area contributed by atoms with Gasteiger partial charge in [-0.25, -0.2) is 0 Å². The fourth-order valence-electron chi connectivity index (χ4n) is 2.51. The second-order valence-electron chi connectivity index (χ2n) is 5.04. The summed E-state index contributed by atoms with van der Waals surface area (Å²) in [6.45, 7) is 1.78. The molecule has 1 unspecified atom stereocenters. The van der Waals surface area contributed by atoms with E-state index in [1.54, 1.807) is 12.1 Å². The highest BCUT2D eigenvalue weighted by Gasteiger charge is 2.32. The van der Waals surface area contributed by atoms with Gasteiger partial charge in [-0.3, -0.25) is 9.59 Å². The minimum absolute atomic E-state index is 0.0507. The van der Waals surface area contributed by atoms with Crippen LogP contribution in [0.5, 0.6) is 11.5 Å². The number of ether oxygens (including phenoxy) is 2. The first-order valence-corrected chi connectivity index (χ1v) is 6.70. The van der Waals surface area contributed by atoms with Crippen molar-refractivity contribution in [2.75, 3.05) is 32.3 Å². The number of methoxy groups -OCH3 is 2. The molecule has 0 saturated carbocycles. The molecule has 6 nitrogen and oxygen atoms in total. The molecule has 1 aliphatic heterocycles. The van der Waals surface area contributed by atoms with Gasteiger partial charge in [-0.05, 0) is 13.0 Å². The van der Waals surface area contributed by atoms with E-state index in [4.69, 9.17) is 9.47 Å². The van der Waals surface area contributed by atoms with E-state index in [2.05, 4.69) is 0 Å². The maximum absolute atomic E-state index is 12.1. The molecule has 1 saturated heterocycles. The molecule has 1 N–H and O–H groups in total. The number of nitrogens with zero attached hydrogens (tertiary/aromatic N) is 1. The number of Topliss-reactive ketones (excluding diaryl/α,β-unsaturated/α-hetero) is 1. The highest BCUT2D eigenvalue weighted by atomic mass is 16.5. The molecule has 1 amide bonds. The normalized spacial score (nSPS) is 18.0. The Bertz CT molecular complexity index is 569. The zero-order valence-electron chi connectivity index (χ0n) is 12.4. The molecule has 0 spiro atoms. The Morgan fingerprint density at radius 1 is 1.33 bits per heavy atom. The lowest BCUT2D eigenvalue weighted by atomic mass is 10.1. The number of aliphatic hydroxyl groups excluding tert-OH is 1. The summed E-state index contributed by atoms with van der Waals surface area (Å²) in [5.74, 6) is 0.523. The number of amides is 1. The number of benzene rings is 1. The van der Waals surface area contributed by atoms with Crippen molar-refractivity contribution in [3.05, 3.63) is 17.7 Å². The Morgan fingerprint density at radius 2 is 1.95 bits per heavy atom. The fraction of sp³-hybridized carbons (Fsp3) is 0.467. The van der Waals surface area contributed by atoms with Crippen molar-refractivity contribution in [1.29, 1.82) is 0 Å². The smallest absolute Gasteiger partial charge is 0.227 e. The molecule has 0 aromatic heterocycles. The minimum atomic E-state index is -0.161. The maximum atomic E-state index is 12.1. The zero-order chi connectivity index (χ0) is 15.6. The molecule has 0 bridgehead atoms. The lowest BCUT2D eigenvalue weighted by Gasteiger charge is -2.21. The molecule has 0 aliphatic carbocycles. The summed E-state index contributed by atoms with van der Waals surface area (Å²) in [4.78, 5) is 25.5. The van der Waals surface area contributed by atoms with Crippen LogP contribution in [0.15, 0.2) is 12.1 Å². The van der Waals surface area contributed by atoms with Gasteiger partial charge >= 0.3 is 0 Å². The average molecular weight is 293 g/mol. The van der Waals surface area contributed by atoms with Crippen molar-refractivity contribution in [3.63, 3.8) is 0 Å². The zero-order valence-corrected chi connectivity index (χ0v) is 12.4. The third-order valence-electron chi connectivity index (χ3n) is 3.64. The second-order valence-corrected chi connectivity index (χ2v) is 5.04. The Labute approximate surface area is 123 Å². The van der Waals surface area contributed by atoms with E-state index >= 15 is 0 Å². The molecule has 6 heteroatoms. The van der Waals surface area contributed by atoms with Gasteiger partial charge in [0.05, 0.1) is 19.9 Å². The number of anilines is 1. The first-order valence-electron chi connectivity index (χ1n) is 6.70. The molecule has 1 aliphatic rings. The van der Waals surface area contributed by atoms with Gasteiger partial charge in [0.1, 0.15) is 0 Å².